The lowest BCUT2D eigenvalue weighted by Gasteiger charge is -2.12. The number of hydrogen-bond acceptors (Lipinski definition) is 4. The second-order valence-electron chi connectivity index (χ2n) is 7.10. The molecule has 1 aromatic heterocycles. The van der Waals surface area contributed by atoms with Crippen LogP contribution in [0.4, 0.5) is 5.69 Å². The Morgan fingerprint density at radius 2 is 1.44 bits per heavy atom. The third kappa shape index (κ3) is 5.13. The fraction of sp³-hybridized carbons (Fsp3) is 0.348. The first-order chi connectivity index (χ1) is 12.9. The summed E-state index contributed by atoms with van der Waals surface area (Å²) in [5.41, 5.74) is 9.86. The number of nitrogen functional groups attached to an aromatic ring is 1. The first-order valence-corrected chi connectivity index (χ1v) is 9.23. The topological polar surface area (TPSA) is 57.4 Å². The molecule has 0 aliphatic rings. The molecule has 2 aromatic carbocycles. The lowest BCUT2D eigenvalue weighted by molar-refractivity contribution is 0.407. The van der Waals surface area contributed by atoms with Gasteiger partial charge >= 0.3 is 0 Å². The Morgan fingerprint density at radius 1 is 0.815 bits per heavy atom. The van der Waals surface area contributed by atoms with E-state index in [0.717, 1.165) is 33.7 Å². The van der Waals surface area contributed by atoms with Gasteiger partial charge in [-0.15, -0.1) is 0 Å². The normalized spacial score (nSPS) is 10.7. The average molecular weight is 367 g/mol. The summed E-state index contributed by atoms with van der Waals surface area (Å²) in [6.45, 7) is 8.56. The molecule has 0 atom stereocenters. The molecule has 4 heteroatoms. The van der Waals surface area contributed by atoms with Crippen molar-refractivity contribution in [1.82, 2.24) is 4.98 Å². The third-order valence-corrected chi connectivity index (χ3v) is 4.45. The summed E-state index contributed by atoms with van der Waals surface area (Å²) in [6, 6.07) is 13.9. The second-order valence-corrected chi connectivity index (χ2v) is 7.10. The van der Waals surface area contributed by atoms with E-state index < -0.39 is 0 Å². The molecule has 1 heterocycles. The smallest absolute Gasteiger partial charge is 0.123 e. The van der Waals surface area contributed by atoms with E-state index >= 15 is 0 Å². The molecule has 0 spiro atoms. The van der Waals surface area contributed by atoms with Crippen LogP contribution in [0.3, 0.4) is 0 Å². The minimum absolute atomic E-state index is 0.448. The molecule has 0 aliphatic heterocycles. The van der Waals surface area contributed by atoms with Crippen molar-refractivity contribution in [3.63, 3.8) is 0 Å². The molecule has 0 bridgehead atoms. The van der Waals surface area contributed by atoms with Crippen LogP contribution >= 0.6 is 0 Å². The lowest BCUT2D eigenvalue weighted by atomic mass is 10.00. The van der Waals surface area contributed by atoms with E-state index in [1.54, 1.807) is 14.2 Å². The summed E-state index contributed by atoms with van der Waals surface area (Å²) in [7, 11) is 3.39. The summed E-state index contributed by atoms with van der Waals surface area (Å²) in [4.78, 5) is 4.34. The molecule has 0 aliphatic carbocycles. The number of anilines is 1. The predicted octanol–water partition coefficient (Wildman–Crippen LogP) is 5.77. The van der Waals surface area contributed by atoms with Crippen molar-refractivity contribution in [2.45, 2.75) is 39.5 Å². The van der Waals surface area contributed by atoms with Gasteiger partial charge in [-0.2, -0.15) is 0 Å². The molecule has 3 rings (SSSR count). The van der Waals surface area contributed by atoms with Gasteiger partial charge in [-0.3, -0.25) is 4.98 Å². The molecule has 4 nitrogen and oxygen atoms in total. The number of fused-ring (bicyclic) bond motifs is 1. The number of methoxy groups -OCH3 is 2. The molecule has 0 unspecified atom stereocenters. The predicted molar refractivity (Wildman–Crippen MR) is 114 cm³/mol. The molecule has 27 heavy (non-hydrogen) atoms. The molecular formula is C23H30N2O2. The van der Waals surface area contributed by atoms with Crippen LogP contribution in [-0.2, 0) is 0 Å². The number of pyridine rings is 1. The Kier molecular flexibility index (Phi) is 7.05. The van der Waals surface area contributed by atoms with Crippen molar-refractivity contribution in [3.05, 3.63) is 59.8 Å². The van der Waals surface area contributed by atoms with Crippen LogP contribution in [-0.4, -0.2) is 19.2 Å². The monoisotopic (exact) mass is 366 g/mol. The van der Waals surface area contributed by atoms with Crippen LogP contribution in [0.15, 0.2) is 48.7 Å². The quantitative estimate of drug-likeness (QED) is 0.596. The zero-order valence-corrected chi connectivity index (χ0v) is 17.1. The Hall–Kier alpha value is -2.75. The van der Waals surface area contributed by atoms with Gasteiger partial charge in [-0.1, -0.05) is 33.8 Å². The van der Waals surface area contributed by atoms with E-state index in [2.05, 4.69) is 50.9 Å². The zero-order valence-electron chi connectivity index (χ0n) is 17.1. The van der Waals surface area contributed by atoms with E-state index in [4.69, 9.17) is 15.2 Å². The third-order valence-electron chi connectivity index (χ3n) is 4.45. The van der Waals surface area contributed by atoms with E-state index in [9.17, 15) is 0 Å². The largest absolute Gasteiger partial charge is 0.496 e. The van der Waals surface area contributed by atoms with Gasteiger partial charge < -0.3 is 15.2 Å². The Morgan fingerprint density at radius 3 is 2.04 bits per heavy atom. The van der Waals surface area contributed by atoms with Crippen LogP contribution in [0, 0.1) is 0 Å². The van der Waals surface area contributed by atoms with Crippen LogP contribution in [0.2, 0.25) is 0 Å². The fourth-order valence-corrected chi connectivity index (χ4v) is 2.95. The van der Waals surface area contributed by atoms with Crippen LogP contribution in [0.1, 0.15) is 50.7 Å². The maximum Gasteiger partial charge on any atom is 0.123 e. The van der Waals surface area contributed by atoms with E-state index in [-0.39, 0.29) is 0 Å². The minimum Gasteiger partial charge on any atom is -0.496 e. The number of benzene rings is 2. The standard InChI is InChI=1S/C13H15NO.C10H15NO/c1-9(2)11-8-12-10(5-4-6-14-12)7-13(11)15-3;1-7(2)9-6-8(11)4-5-10(9)12-3/h4-9H,1-3H3;4-7H,11H2,1-3H3. The van der Waals surface area contributed by atoms with Gasteiger partial charge in [0.2, 0.25) is 0 Å². The molecule has 0 radical (unpaired) electrons. The summed E-state index contributed by atoms with van der Waals surface area (Å²) in [6.07, 6.45) is 1.82. The number of ether oxygens (including phenoxy) is 2. The highest BCUT2D eigenvalue weighted by Gasteiger charge is 2.09. The van der Waals surface area contributed by atoms with Crippen molar-refractivity contribution >= 4 is 16.6 Å². The second kappa shape index (κ2) is 9.26. The van der Waals surface area contributed by atoms with E-state index in [1.807, 2.05) is 30.5 Å². The first kappa shape index (κ1) is 20.6. The number of nitrogens with zero attached hydrogens (tertiary/aromatic N) is 1. The van der Waals surface area contributed by atoms with Crippen molar-refractivity contribution in [3.8, 4) is 11.5 Å². The number of nitrogens with two attached hydrogens (primary N) is 1. The molecule has 2 N–H and O–H groups in total. The molecule has 144 valence electrons. The van der Waals surface area contributed by atoms with Gasteiger partial charge in [-0.05, 0) is 59.4 Å². The highest BCUT2D eigenvalue weighted by molar-refractivity contribution is 5.81. The van der Waals surface area contributed by atoms with Gasteiger partial charge in [0.1, 0.15) is 11.5 Å². The van der Waals surface area contributed by atoms with Crippen LogP contribution < -0.4 is 15.2 Å². The maximum absolute atomic E-state index is 5.66. The molecule has 0 fully saturated rings. The highest BCUT2D eigenvalue weighted by Crippen LogP contribution is 2.30. The fourth-order valence-electron chi connectivity index (χ4n) is 2.95. The molecule has 0 saturated heterocycles. The zero-order chi connectivity index (χ0) is 20.0. The van der Waals surface area contributed by atoms with Gasteiger partial charge in [0.15, 0.2) is 0 Å². The van der Waals surface area contributed by atoms with Crippen molar-refractivity contribution in [2.24, 2.45) is 0 Å². The maximum atomic E-state index is 5.66. The van der Waals surface area contributed by atoms with Crippen LogP contribution in [0.25, 0.3) is 10.9 Å². The number of hydrogen-bond donors (Lipinski definition) is 1. The summed E-state index contributed by atoms with van der Waals surface area (Å²) in [5.74, 6) is 2.76. The Bertz CT molecular complexity index is 889. The number of aromatic nitrogens is 1. The van der Waals surface area contributed by atoms with E-state index in [0.29, 0.717) is 11.8 Å². The van der Waals surface area contributed by atoms with Crippen LogP contribution in [0.5, 0.6) is 11.5 Å². The first-order valence-electron chi connectivity index (χ1n) is 9.23. The molecule has 3 aromatic rings. The molecular weight excluding hydrogens is 336 g/mol. The molecule has 0 saturated carbocycles. The van der Waals surface area contributed by atoms with Gasteiger partial charge in [0.05, 0.1) is 19.7 Å². The van der Waals surface area contributed by atoms with Crippen molar-refractivity contribution in [1.29, 1.82) is 0 Å². The SMILES string of the molecule is COc1cc2cccnc2cc1C(C)C.COc1ccc(N)cc1C(C)C. The van der Waals surface area contributed by atoms with Gasteiger partial charge in [0, 0.05) is 17.3 Å². The van der Waals surface area contributed by atoms with Gasteiger partial charge in [-0.25, -0.2) is 0 Å². The van der Waals surface area contributed by atoms with Gasteiger partial charge in [0.25, 0.3) is 0 Å². The highest BCUT2D eigenvalue weighted by atomic mass is 16.5. The summed E-state index contributed by atoms with van der Waals surface area (Å²) < 4.78 is 10.6. The van der Waals surface area contributed by atoms with Crippen molar-refractivity contribution in [2.75, 3.05) is 20.0 Å². The molecule has 0 amide bonds. The Labute approximate surface area is 162 Å². The summed E-state index contributed by atoms with van der Waals surface area (Å²) >= 11 is 0. The Balaban J connectivity index is 0.000000199. The minimum atomic E-state index is 0.448. The number of rotatable bonds is 4. The van der Waals surface area contributed by atoms with E-state index in [1.165, 1.54) is 5.56 Å². The average Bonchev–Trinajstić information content (AvgIpc) is 2.67. The summed E-state index contributed by atoms with van der Waals surface area (Å²) in [5, 5.41) is 1.12. The van der Waals surface area contributed by atoms with Crippen molar-refractivity contribution < 1.29 is 9.47 Å². The lowest BCUT2D eigenvalue weighted by Crippen LogP contribution is -1.96.